The summed E-state index contributed by atoms with van der Waals surface area (Å²) in [5.41, 5.74) is 6.76. The van der Waals surface area contributed by atoms with Crippen molar-refractivity contribution < 1.29 is 0 Å². The zero-order valence-corrected chi connectivity index (χ0v) is 12.2. The van der Waals surface area contributed by atoms with Crippen molar-refractivity contribution in [2.24, 2.45) is 11.7 Å². The van der Waals surface area contributed by atoms with Crippen LogP contribution in [0.1, 0.15) is 25.7 Å². The third kappa shape index (κ3) is 2.56. The van der Waals surface area contributed by atoms with Crippen molar-refractivity contribution in [1.82, 2.24) is 4.98 Å². The Morgan fingerprint density at radius 2 is 2.30 bits per heavy atom. The van der Waals surface area contributed by atoms with E-state index in [2.05, 4.69) is 35.3 Å². The Balaban J connectivity index is 1.59. The van der Waals surface area contributed by atoms with Gasteiger partial charge in [-0.15, -0.1) is 11.8 Å². The molecule has 1 saturated carbocycles. The molecule has 104 valence electrons. The second-order valence-corrected chi connectivity index (χ2v) is 6.74. The third-order valence-electron chi connectivity index (χ3n) is 4.31. The second kappa shape index (κ2) is 5.51. The fraction of sp³-hybridized carbons (Fsp3) is 0.438. The molecule has 2 aromatic rings. The Morgan fingerprint density at radius 1 is 1.45 bits per heavy atom. The van der Waals surface area contributed by atoms with Gasteiger partial charge in [-0.05, 0) is 43.1 Å². The van der Waals surface area contributed by atoms with Crippen LogP contribution < -0.4 is 5.73 Å². The van der Waals surface area contributed by atoms with Gasteiger partial charge in [0, 0.05) is 10.9 Å². The molecule has 2 atom stereocenters. The van der Waals surface area contributed by atoms with Gasteiger partial charge >= 0.3 is 0 Å². The smallest absolute Gasteiger partial charge is 0.107 e. The second-order valence-electron chi connectivity index (χ2n) is 5.60. The van der Waals surface area contributed by atoms with Crippen LogP contribution in [0.3, 0.4) is 0 Å². The molecule has 1 aromatic carbocycles. The van der Waals surface area contributed by atoms with Crippen LogP contribution in [0, 0.1) is 17.2 Å². The van der Waals surface area contributed by atoms with Crippen LogP contribution in [0.25, 0.3) is 10.9 Å². The lowest BCUT2D eigenvalue weighted by atomic mass is 9.88. The molecule has 0 radical (unpaired) electrons. The van der Waals surface area contributed by atoms with Crippen molar-refractivity contribution >= 4 is 22.7 Å². The Bertz CT molecular complexity index is 609. The molecule has 1 aliphatic carbocycles. The van der Waals surface area contributed by atoms with Crippen molar-refractivity contribution in [3.63, 3.8) is 0 Å². The normalized spacial score (nSPS) is 25.9. The van der Waals surface area contributed by atoms with Crippen LogP contribution in [-0.2, 0) is 0 Å². The first kappa shape index (κ1) is 13.5. The van der Waals surface area contributed by atoms with Gasteiger partial charge in [0.05, 0.1) is 11.1 Å². The van der Waals surface area contributed by atoms with Gasteiger partial charge in [-0.1, -0.05) is 24.6 Å². The van der Waals surface area contributed by atoms with Gasteiger partial charge in [-0.3, -0.25) is 0 Å². The predicted molar refractivity (Wildman–Crippen MR) is 83.5 cm³/mol. The SMILES string of the molecule is N#CC1(N)CCCC1CCSc1cc2ccccc2[nH]1. The molecule has 1 aromatic heterocycles. The molecular weight excluding hydrogens is 266 g/mol. The van der Waals surface area contributed by atoms with E-state index >= 15 is 0 Å². The highest BCUT2D eigenvalue weighted by Gasteiger charge is 2.39. The summed E-state index contributed by atoms with van der Waals surface area (Å²) in [7, 11) is 0. The van der Waals surface area contributed by atoms with Gasteiger partial charge in [0.2, 0.25) is 0 Å². The van der Waals surface area contributed by atoms with E-state index in [-0.39, 0.29) is 0 Å². The van der Waals surface area contributed by atoms with E-state index in [1.165, 1.54) is 15.9 Å². The number of rotatable bonds is 4. The molecule has 0 amide bonds. The van der Waals surface area contributed by atoms with E-state index in [9.17, 15) is 5.26 Å². The summed E-state index contributed by atoms with van der Waals surface area (Å²) in [5, 5.41) is 11.7. The summed E-state index contributed by atoms with van der Waals surface area (Å²) in [6.07, 6.45) is 4.05. The minimum absolute atomic E-state index is 0.351. The number of hydrogen-bond acceptors (Lipinski definition) is 3. The first-order valence-electron chi connectivity index (χ1n) is 7.12. The number of nitriles is 1. The van der Waals surface area contributed by atoms with Gasteiger partial charge < -0.3 is 10.7 Å². The third-order valence-corrected chi connectivity index (χ3v) is 5.28. The number of nitrogens with one attached hydrogen (secondary N) is 1. The number of hydrogen-bond donors (Lipinski definition) is 2. The summed E-state index contributed by atoms with van der Waals surface area (Å²) >= 11 is 1.82. The number of aromatic nitrogens is 1. The number of fused-ring (bicyclic) bond motifs is 1. The van der Waals surface area contributed by atoms with Gasteiger partial charge in [-0.25, -0.2) is 0 Å². The number of benzene rings is 1. The molecule has 0 aliphatic heterocycles. The molecule has 0 bridgehead atoms. The number of nitrogens with zero attached hydrogens (tertiary/aromatic N) is 1. The van der Waals surface area contributed by atoms with Crippen molar-refractivity contribution in [2.45, 2.75) is 36.2 Å². The van der Waals surface area contributed by atoms with Crippen LogP contribution in [0.15, 0.2) is 35.4 Å². The highest BCUT2D eigenvalue weighted by atomic mass is 32.2. The maximum Gasteiger partial charge on any atom is 0.107 e. The Morgan fingerprint density at radius 3 is 3.10 bits per heavy atom. The minimum atomic E-state index is -0.582. The van der Waals surface area contributed by atoms with E-state index in [0.29, 0.717) is 5.92 Å². The van der Waals surface area contributed by atoms with Gasteiger partial charge in [0.25, 0.3) is 0 Å². The molecule has 1 aliphatic rings. The molecule has 1 fully saturated rings. The average Bonchev–Trinajstić information content (AvgIpc) is 3.03. The monoisotopic (exact) mass is 285 g/mol. The highest BCUT2D eigenvalue weighted by Crippen LogP contribution is 2.37. The summed E-state index contributed by atoms with van der Waals surface area (Å²) in [4.78, 5) is 3.42. The lowest BCUT2D eigenvalue weighted by Gasteiger charge is -2.23. The average molecular weight is 285 g/mol. The quantitative estimate of drug-likeness (QED) is 0.842. The molecule has 4 heteroatoms. The van der Waals surface area contributed by atoms with Crippen LogP contribution in [0.4, 0.5) is 0 Å². The fourth-order valence-electron chi connectivity index (χ4n) is 3.09. The van der Waals surface area contributed by atoms with Gasteiger partial charge in [0.1, 0.15) is 5.54 Å². The molecule has 20 heavy (non-hydrogen) atoms. The van der Waals surface area contributed by atoms with Crippen LogP contribution in [0.2, 0.25) is 0 Å². The van der Waals surface area contributed by atoms with E-state index in [1.807, 2.05) is 17.8 Å². The maximum atomic E-state index is 9.22. The zero-order valence-electron chi connectivity index (χ0n) is 11.4. The summed E-state index contributed by atoms with van der Waals surface area (Å²) in [5.74, 6) is 1.36. The van der Waals surface area contributed by atoms with Crippen molar-refractivity contribution in [2.75, 3.05) is 5.75 Å². The van der Waals surface area contributed by atoms with Crippen molar-refractivity contribution in [3.8, 4) is 6.07 Å². The summed E-state index contributed by atoms with van der Waals surface area (Å²) in [6.45, 7) is 0. The minimum Gasteiger partial charge on any atom is -0.350 e. The van der Waals surface area contributed by atoms with Gasteiger partial charge in [-0.2, -0.15) is 5.26 Å². The van der Waals surface area contributed by atoms with Crippen LogP contribution in [0.5, 0.6) is 0 Å². The summed E-state index contributed by atoms with van der Waals surface area (Å²) < 4.78 is 0. The van der Waals surface area contributed by atoms with E-state index in [4.69, 9.17) is 5.73 Å². The molecule has 0 spiro atoms. The molecular formula is C16H19N3S. The Hall–Kier alpha value is -1.44. The van der Waals surface area contributed by atoms with E-state index < -0.39 is 5.54 Å². The first-order chi connectivity index (χ1) is 9.71. The Kier molecular flexibility index (Phi) is 3.73. The number of thioether (sulfide) groups is 1. The topological polar surface area (TPSA) is 65.6 Å². The van der Waals surface area contributed by atoms with Crippen molar-refractivity contribution in [3.05, 3.63) is 30.3 Å². The van der Waals surface area contributed by atoms with Crippen molar-refractivity contribution in [1.29, 1.82) is 5.26 Å². The largest absolute Gasteiger partial charge is 0.350 e. The highest BCUT2D eigenvalue weighted by molar-refractivity contribution is 7.99. The maximum absolute atomic E-state index is 9.22. The fourth-order valence-corrected chi connectivity index (χ4v) is 4.10. The number of aromatic amines is 1. The number of nitrogens with two attached hydrogens (primary N) is 1. The first-order valence-corrected chi connectivity index (χ1v) is 8.10. The lowest BCUT2D eigenvalue weighted by Crippen LogP contribution is -2.41. The molecule has 1 heterocycles. The van der Waals surface area contributed by atoms with Crippen LogP contribution >= 0.6 is 11.8 Å². The zero-order chi connectivity index (χ0) is 14.0. The molecule has 3 nitrogen and oxygen atoms in total. The number of H-pyrrole nitrogens is 1. The van der Waals surface area contributed by atoms with E-state index in [1.54, 1.807) is 0 Å². The standard InChI is InChI=1S/C16H19N3S/c17-11-16(18)8-3-5-13(16)7-9-20-15-10-12-4-1-2-6-14(12)19-15/h1-2,4,6,10,13,19H,3,5,7-9,18H2. The molecule has 3 N–H and O–H groups in total. The van der Waals surface area contributed by atoms with Gasteiger partial charge in [0.15, 0.2) is 0 Å². The summed E-state index contributed by atoms with van der Waals surface area (Å²) in [6, 6.07) is 12.8. The lowest BCUT2D eigenvalue weighted by molar-refractivity contribution is 0.389. The number of para-hydroxylation sites is 1. The molecule has 3 rings (SSSR count). The molecule has 0 saturated heterocycles. The predicted octanol–water partition coefficient (Wildman–Crippen LogP) is 3.67. The van der Waals surface area contributed by atoms with Crippen LogP contribution in [-0.4, -0.2) is 16.3 Å². The van der Waals surface area contributed by atoms with E-state index in [0.717, 1.165) is 31.4 Å². The molecule has 2 unspecified atom stereocenters. The Labute approximate surface area is 123 Å².